The zero-order valence-corrected chi connectivity index (χ0v) is 16.7. The van der Waals surface area contributed by atoms with Crippen LogP contribution in [0.25, 0.3) is 0 Å². The van der Waals surface area contributed by atoms with Gasteiger partial charge in [0.2, 0.25) is 0 Å². The normalized spacial score (nSPS) is 10.9. The summed E-state index contributed by atoms with van der Waals surface area (Å²) in [4.78, 5) is 10.7. The summed E-state index contributed by atoms with van der Waals surface area (Å²) in [5.41, 5.74) is 0. The second-order valence-electron chi connectivity index (χ2n) is 6.83. The Morgan fingerprint density at radius 1 is 0.739 bits per heavy atom. The molecule has 0 heterocycles. The number of hydrogen-bond acceptors (Lipinski definition) is 1. The van der Waals surface area contributed by atoms with Crippen molar-refractivity contribution in [2.45, 2.75) is 79.1 Å². The van der Waals surface area contributed by atoms with Gasteiger partial charge in [-0.3, -0.25) is 0 Å². The Hall–Kier alpha value is -0.770. The highest BCUT2D eigenvalue weighted by atomic mass is 16.4. The lowest BCUT2D eigenvalue weighted by Crippen LogP contribution is -2.50. The van der Waals surface area contributed by atoms with Crippen LogP contribution in [0.15, 0.2) is 0 Å². The predicted octanol–water partition coefficient (Wildman–Crippen LogP) is 5.23. The van der Waals surface area contributed by atoms with E-state index >= 15 is 0 Å². The summed E-state index contributed by atoms with van der Waals surface area (Å²) in [5.74, 6) is 0. The lowest BCUT2D eigenvalue weighted by Gasteiger charge is -2.39. The van der Waals surface area contributed by atoms with Gasteiger partial charge in [0.25, 0.3) is 0 Å². The highest BCUT2D eigenvalue weighted by Crippen LogP contribution is 2.16. The summed E-state index contributed by atoms with van der Waals surface area (Å²) in [6, 6.07) is 0. The van der Waals surface area contributed by atoms with Gasteiger partial charge in [-0.1, -0.05) is 53.4 Å². The van der Waals surface area contributed by atoms with Gasteiger partial charge in [-0.05, 0) is 25.7 Å². The number of hydrogen-bond donors (Lipinski definition) is 1. The summed E-state index contributed by atoms with van der Waals surface area (Å²) < 4.78 is 1.42. The summed E-state index contributed by atoms with van der Waals surface area (Å²) in [6.07, 6.45) is 10.2. The van der Waals surface area contributed by atoms with Crippen LogP contribution in [-0.2, 0) is 0 Å². The minimum atomic E-state index is -0.907. The Labute approximate surface area is 145 Å². The van der Waals surface area contributed by atoms with Crippen molar-refractivity contribution in [3.63, 3.8) is 0 Å². The van der Waals surface area contributed by atoms with Gasteiger partial charge in [0.1, 0.15) is 0 Å². The molecule has 140 valence electrons. The van der Waals surface area contributed by atoms with Crippen LogP contribution in [0.3, 0.4) is 0 Å². The molecule has 0 saturated heterocycles. The summed E-state index contributed by atoms with van der Waals surface area (Å²) in [5, 5.41) is 7.92. The first-order valence-corrected chi connectivity index (χ1v) is 9.64. The van der Waals surface area contributed by atoms with Crippen molar-refractivity contribution in [2.24, 2.45) is 0 Å². The van der Waals surface area contributed by atoms with Crippen molar-refractivity contribution in [2.75, 3.05) is 40.3 Å². The summed E-state index contributed by atoms with van der Waals surface area (Å²) in [7, 11) is 2.95. The smallest absolute Gasteiger partial charge is 0.406 e. The van der Waals surface area contributed by atoms with E-state index < -0.39 is 6.09 Å². The van der Waals surface area contributed by atoms with Crippen LogP contribution >= 0.6 is 0 Å². The molecule has 0 bridgehead atoms. The predicted molar refractivity (Wildman–Crippen MR) is 101 cm³/mol. The second-order valence-corrected chi connectivity index (χ2v) is 6.83. The van der Waals surface area contributed by atoms with Crippen molar-refractivity contribution >= 4 is 6.09 Å². The molecule has 0 spiro atoms. The van der Waals surface area contributed by atoms with Crippen LogP contribution in [0.2, 0.25) is 0 Å². The molecule has 4 nitrogen and oxygen atoms in total. The molecule has 0 aromatic rings. The highest BCUT2D eigenvalue weighted by molar-refractivity contribution is 5.63. The fourth-order valence-electron chi connectivity index (χ4n) is 2.64. The van der Waals surface area contributed by atoms with Crippen molar-refractivity contribution in [1.82, 2.24) is 4.90 Å². The lowest BCUT2D eigenvalue weighted by atomic mass is 10.1. The lowest BCUT2D eigenvalue weighted by molar-refractivity contribution is -0.929. The van der Waals surface area contributed by atoms with Crippen molar-refractivity contribution < 1.29 is 14.4 Å². The molecule has 0 saturated carbocycles. The maximum atomic E-state index is 9.62. The van der Waals surface area contributed by atoms with Crippen LogP contribution < -0.4 is 0 Å². The quantitative estimate of drug-likeness (QED) is 0.497. The van der Waals surface area contributed by atoms with Gasteiger partial charge in [-0.2, -0.15) is 0 Å². The van der Waals surface area contributed by atoms with E-state index in [2.05, 4.69) is 27.7 Å². The third kappa shape index (κ3) is 14.5. The average molecular weight is 332 g/mol. The number of amides is 1. The number of quaternary nitrogens is 1. The van der Waals surface area contributed by atoms with Gasteiger partial charge in [0.15, 0.2) is 0 Å². The van der Waals surface area contributed by atoms with Gasteiger partial charge in [-0.25, -0.2) is 4.79 Å². The molecule has 0 radical (unpaired) electrons. The average Bonchev–Trinajstić information content (AvgIpc) is 2.54. The van der Waals surface area contributed by atoms with Gasteiger partial charge < -0.3 is 14.5 Å². The minimum absolute atomic E-state index is 0.907. The van der Waals surface area contributed by atoms with E-state index in [1.165, 1.54) is 96.1 Å². The Morgan fingerprint density at radius 3 is 1.09 bits per heavy atom. The van der Waals surface area contributed by atoms with Gasteiger partial charge in [-0.15, -0.1) is 0 Å². The molecule has 0 aliphatic rings. The number of carboxylic acid groups (broad SMARTS) is 1. The fourth-order valence-corrected chi connectivity index (χ4v) is 2.64. The Balaban J connectivity index is 0. The molecular formula is C19H43N2O2+. The van der Waals surface area contributed by atoms with Crippen LogP contribution in [0.5, 0.6) is 0 Å². The van der Waals surface area contributed by atoms with E-state index in [0.717, 1.165) is 4.90 Å². The van der Waals surface area contributed by atoms with Crippen molar-refractivity contribution in [3.05, 3.63) is 0 Å². The van der Waals surface area contributed by atoms with Gasteiger partial charge in [0.05, 0.1) is 26.2 Å². The largest absolute Gasteiger partial charge is 0.465 e. The first-order valence-electron chi connectivity index (χ1n) is 9.64. The zero-order valence-electron chi connectivity index (χ0n) is 16.7. The number of nitrogens with zero attached hydrogens (tertiary/aromatic N) is 2. The van der Waals surface area contributed by atoms with Crippen LogP contribution in [0.4, 0.5) is 4.79 Å². The molecule has 0 atom stereocenters. The minimum Gasteiger partial charge on any atom is -0.465 e. The molecule has 0 aliphatic carbocycles. The molecule has 1 amide bonds. The molecule has 0 unspecified atom stereocenters. The molecule has 0 fully saturated rings. The molecule has 0 aromatic heterocycles. The monoisotopic (exact) mass is 331 g/mol. The Kier molecular flexibility index (Phi) is 17.1. The molecule has 0 aliphatic heterocycles. The zero-order chi connectivity index (χ0) is 18.1. The number of rotatable bonds is 12. The number of carbonyl (C=O) groups is 1. The van der Waals surface area contributed by atoms with Gasteiger partial charge >= 0.3 is 6.09 Å². The summed E-state index contributed by atoms with van der Waals surface area (Å²) >= 11 is 0. The SMILES string of the molecule is CCCC[N+](CCCC)(CCCC)CCCC.CN(C)C(=O)O. The first kappa shape index (κ1) is 24.5. The third-order valence-corrected chi connectivity index (χ3v) is 4.33. The van der Waals surface area contributed by atoms with E-state index in [9.17, 15) is 4.79 Å². The van der Waals surface area contributed by atoms with E-state index in [1.54, 1.807) is 0 Å². The topological polar surface area (TPSA) is 40.5 Å². The summed E-state index contributed by atoms with van der Waals surface area (Å²) in [6.45, 7) is 15.0. The fraction of sp³-hybridized carbons (Fsp3) is 0.947. The van der Waals surface area contributed by atoms with Crippen LogP contribution in [-0.4, -0.2) is 60.9 Å². The maximum absolute atomic E-state index is 9.62. The molecular weight excluding hydrogens is 288 g/mol. The Bertz CT molecular complexity index is 231. The maximum Gasteiger partial charge on any atom is 0.406 e. The molecule has 0 aromatic carbocycles. The molecule has 4 heteroatoms. The number of unbranched alkanes of at least 4 members (excludes halogenated alkanes) is 4. The third-order valence-electron chi connectivity index (χ3n) is 4.33. The van der Waals surface area contributed by atoms with Crippen LogP contribution in [0.1, 0.15) is 79.1 Å². The van der Waals surface area contributed by atoms with Gasteiger partial charge in [0, 0.05) is 14.1 Å². The van der Waals surface area contributed by atoms with E-state index in [4.69, 9.17) is 5.11 Å². The highest BCUT2D eigenvalue weighted by Gasteiger charge is 2.24. The van der Waals surface area contributed by atoms with Crippen molar-refractivity contribution in [3.8, 4) is 0 Å². The Morgan fingerprint density at radius 2 is 0.957 bits per heavy atom. The van der Waals surface area contributed by atoms with E-state index in [1.807, 2.05) is 0 Å². The first-order chi connectivity index (χ1) is 10.9. The molecule has 1 N–H and O–H groups in total. The van der Waals surface area contributed by atoms with E-state index in [0.29, 0.717) is 0 Å². The van der Waals surface area contributed by atoms with E-state index in [-0.39, 0.29) is 0 Å². The molecule has 23 heavy (non-hydrogen) atoms. The molecule has 0 rings (SSSR count). The van der Waals surface area contributed by atoms with Crippen molar-refractivity contribution in [1.29, 1.82) is 0 Å². The standard InChI is InChI=1S/C16H36N.C3H7NO2/c1-5-9-13-17(14-10-6-2,15-11-7-3)16-12-8-4;1-4(2)3(5)6/h5-16H2,1-4H3;1-2H3,(H,5,6)/q+1;. The van der Waals surface area contributed by atoms with Crippen LogP contribution in [0, 0.1) is 0 Å². The second kappa shape index (κ2) is 16.1.